The molecule has 0 aliphatic rings. The first-order valence-corrected chi connectivity index (χ1v) is 7.49. The number of aliphatic hydroxyl groups is 1. The Morgan fingerprint density at radius 2 is 1.76 bits per heavy atom. The van der Waals surface area contributed by atoms with E-state index in [9.17, 15) is 5.11 Å². The molecule has 0 spiro atoms. The van der Waals surface area contributed by atoms with Crippen LogP contribution in [-0.2, 0) is 6.42 Å². The summed E-state index contributed by atoms with van der Waals surface area (Å²) in [6.45, 7) is 2.02. The van der Waals surface area contributed by atoms with Crippen molar-refractivity contribution in [1.82, 2.24) is 0 Å². The second-order valence-electron chi connectivity index (χ2n) is 4.92. The average Bonchev–Trinajstić information content (AvgIpc) is 2.47. The molecular weight excluding hydrogens is 332 g/mol. The number of methoxy groups -OCH3 is 2. The maximum atomic E-state index is 10.5. The summed E-state index contributed by atoms with van der Waals surface area (Å²) < 4.78 is 11.6. The van der Waals surface area contributed by atoms with Crippen LogP contribution in [0.15, 0.2) is 40.9 Å². The fourth-order valence-corrected chi connectivity index (χ4v) is 2.69. The minimum absolute atomic E-state index is 0.475. The van der Waals surface area contributed by atoms with Gasteiger partial charge < -0.3 is 14.6 Å². The summed E-state index contributed by atoms with van der Waals surface area (Å²) in [7, 11) is 3.24. The number of ether oxygens (including phenoxy) is 2. The molecule has 1 unspecified atom stereocenters. The summed E-state index contributed by atoms with van der Waals surface area (Å²) in [5.74, 6) is 1.46. The lowest BCUT2D eigenvalue weighted by Crippen LogP contribution is -2.05. The highest BCUT2D eigenvalue weighted by Crippen LogP contribution is 2.32. The predicted molar refractivity (Wildman–Crippen MR) is 87.1 cm³/mol. The number of halogens is 1. The molecule has 0 amide bonds. The Hall–Kier alpha value is -1.52. The molecule has 0 heterocycles. The number of hydrogen-bond donors (Lipinski definition) is 1. The molecule has 4 heteroatoms. The van der Waals surface area contributed by atoms with E-state index in [4.69, 9.17) is 9.47 Å². The second-order valence-corrected chi connectivity index (χ2v) is 5.84. The summed E-state index contributed by atoms with van der Waals surface area (Å²) in [5.41, 5.74) is 2.89. The zero-order chi connectivity index (χ0) is 15.4. The summed E-state index contributed by atoms with van der Waals surface area (Å²) in [5, 5.41) is 10.5. The first-order valence-electron chi connectivity index (χ1n) is 6.70. The van der Waals surface area contributed by atoms with Gasteiger partial charge in [0.15, 0.2) is 0 Å². The van der Waals surface area contributed by atoms with E-state index >= 15 is 0 Å². The van der Waals surface area contributed by atoms with Crippen molar-refractivity contribution < 1.29 is 14.6 Å². The molecular formula is C17H19BrO3. The van der Waals surface area contributed by atoms with Crippen LogP contribution in [0.25, 0.3) is 0 Å². The van der Waals surface area contributed by atoms with Gasteiger partial charge in [0.2, 0.25) is 0 Å². The monoisotopic (exact) mass is 350 g/mol. The minimum atomic E-state index is -0.649. The van der Waals surface area contributed by atoms with E-state index < -0.39 is 6.10 Å². The van der Waals surface area contributed by atoms with Crippen LogP contribution in [0.3, 0.4) is 0 Å². The molecule has 0 saturated carbocycles. The lowest BCUT2D eigenvalue weighted by Gasteiger charge is -2.17. The molecule has 1 atom stereocenters. The fourth-order valence-electron chi connectivity index (χ4n) is 2.35. The Labute approximate surface area is 133 Å². The number of aliphatic hydroxyl groups excluding tert-OH is 1. The van der Waals surface area contributed by atoms with Gasteiger partial charge in [0.05, 0.1) is 20.3 Å². The van der Waals surface area contributed by atoms with Gasteiger partial charge in [0.25, 0.3) is 0 Å². The molecule has 0 aliphatic heterocycles. The molecule has 2 aromatic rings. The quantitative estimate of drug-likeness (QED) is 0.883. The van der Waals surface area contributed by atoms with E-state index in [-0.39, 0.29) is 0 Å². The zero-order valence-electron chi connectivity index (χ0n) is 12.4. The van der Waals surface area contributed by atoms with Gasteiger partial charge in [-0.15, -0.1) is 0 Å². The van der Waals surface area contributed by atoms with Gasteiger partial charge in [-0.05, 0) is 30.7 Å². The highest BCUT2D eigenvalue weighted by molar-refractivity contribution is 9.10. The molecule has 3 nitrogen and oxygen atoms in total. The Balaban J connectivity index is 2.30. The molecule has 0 saturated heterocycles. The second kappa shape index (κ2) is 6.96. The van der Waals surface area contributed by atoms with Crippen LogP contribution in [0.4, 0.5) is 0 Å². The Kier molecular flexibility index (Phi) is 5.26. The van der Waals surface area contributed by atoms with E-state index in [0.29, 0.717) is 12.2 Å². The van der Waals surface area contributed by atoms with E-state index in [2.05, 4.69) is 15.9 Å². The molecule has 2 rings (SSSR count). The van der Waals surface area contributed by atoms with Gasteiger partial charge in [0, 0.05) is 16.5 Å². The van der Waals surface area contributed by atoms with Gasteiger partial charge in [0.1, 0.15) is 11.5 Å². The van der Waals surface area contributed by atoms with Crippen molar-refractivity contribution in [2.45, 2.75) is 19.4 Å². The molecule has 21 heavy (non-hydrogen) atoms. The average molecular weight is 351 g/mol. The summed E-state index contributed by atoms with van der Waals surface area (Å²) >= 11 is 3.40. The third-order valence-electron chi connectivity index (χ3n) is 3.40. The van der Waals surface area contributed by atoms with Crippen LogP contribution in [0, 0.1) is 6.92 Å². The Bertz CT molecular complexity index is 625. The van der Waals surface area contributed by atoms with Crippen molar-refractivity contribution >= 4 is 15.9 Å². The highest BCUT2D eigenvalue weighted by atomic mass is 79.9. The van der Waals surface area contributed by atoms with Crippen LogP contribution in [0.5, 0.6) is 11.5 Å². The molecule has 112 valence electrons. The Morgan fingerprint density at radius 3 is 2.43 bits per heavy atom. The Morgan fingerprint density at radius 1 is 1.05 bits per heavy atom. The maximum Gasteiger partial charge on any atom is 0.125 e. The molecule has 0 bridgehead atoms. The largest absolute Gasteiger partial charge is 0.496 e. The van der Waals surface area contributed by atoms with Gasteiger partial charge in [-0.3, -0.25) is 0 Å². The number of rotatable bonds is 5. The highest BCUT2D eigenvalue weighted by Gasteiger charge is 2.16. The van der Waals surface area contributed by atoms with Crippen LogP contribution in [0.1, 0.15) is 22.8 Å². The van der Waals surface area contributed by atoms with E-state index in [1.165, 1.54) is 0 Å². The molecule has 0 radical (unpaired) electrons. The van der Waals surface area contributed by atoms with Crippen molar-refractivity contribution in [3.63, 3.8) is 0 Å². The van der Waals surface area contributed by atoms with Crippen LogP contribution in [0.2, 0.25) is 0 Å². The van der Waals surface area contributed by atoms with Gasteiger partial charge >= 0.3 is 0 Å². The van der Waals surface area contributed by atoms with Crippen molar-refractivity contribution in [3.05, 3.63) is 57.6 Å². The summed E-state index contributed by atoms with van der Waals surface area (Å²) in [6, 6.07) is 11.6. The van der Waals surface area contributed by atoms with Gasteiger partial charge in [-0.2, -0.15) is 0 Å². The van der Waals surface area contributed by atoms with Crippen LogP contribution >= 0.6 is 15.9 Å². The lowest BCUT2D eigenvalue weighted by atomic mass is 9.99. The van der Waals surface area contributed by atoms with Crippen LogP contribution < -0.4 is 9.47 Å². The van der Waals surface area contributed by atoms with Crippen molar-refractivity contribution in [3.8, 4) is 11.5 Å². The predicted octanol–water partition coefficient (Wildman–Crippen LogP) is 4.05. The molecule has 0 aromatic heterocycles. The molecule has 0 aliphatic carbocycles. The maximum absolute atomic E-state index is 10.5. The smallest absolute Gasteiger partial charge is 0.125 e. The first kappa shape index (κ1) is 15.9. The van der Waals surface area contributed by atoms with E-state index in [1.54, 1.807) is 14.2 Å². The number of aryl methyl sites for hydroxylation is 1. The number of benzene rings is 2. The zero-order valence-corrected chi connectivity index (χ0v) is 14.0. The normalized spacial score (nSPS) is 12.0. The third kappa shape index (κ3) is 3.77. The lowest BCUT2D eigenvalue weighted by molar-refractivity contribution is 0.173. The fraction of sp³-hybridized carbons (Fsp3) is 0.294. The van der Waals surface area contributed by atoms with Crippen molar-refractivity contribution in [2.24, 2.45) is 0 Å². The van der Waals surface area contributed by atoms with Crippen molar-refractivity contribution in [1.29, 1.82) is 0 Å². The van der Waals surface area contributed by atoms with Crippen molar-refractivity contribution in [2.75, 3.05) is 14.2 Å². The third-order valence-corrected chi connectivity index (χ3v) is 3.90. The molecule has 0 fully saturated rings. The number of hydrogen-bond acceptors (Lipinski definition) is 3. The first-order chi connectivity index (χ1) is 10.0. The molecule has 1 N–H and O–H groups in total. The topological polar surface area (TPSA) is 38.7 Å². The van der Waals surface area contributed by atoms with E-state index in [0.717, 1.165) is 26.9 Å². The summed E-state index contributed by atoms with van der Waals surface area (Å²) in [6.07, 6.45) is -0.174. The van der Waals surface area contributed by atoms with E-state index in [1.807, 2.05) is 43.3 Å². The van der Waals surface area contributed by atoms with Crippen LogP contribution in [-0.4, -0.2) is 19.3 Å². The SMILES string of the molecule is COc1ccc(C)cc1CC(O)c1ccc(Br)cc1OC. The molecule has 2 aromatic carbocycles. The minimum Gasteiger partial charge on any atom is -0.496 e. The standard InChI is InChI=1S/C17H19BrO3/c1-11-4-7-16(20-2)12(8-11)9-15(19)14-6-5-13(18)10-17(14)21-3/h4-8,10,15,19H,9H2,1-3H3. The van der Waals surface area contributed by atoms with Gasteiger partial charge in [-0.25, -0.2) is 0 Å². The van der Waals surface area contributed by atoms with Gasteiger partial charge in [-0.1, -0.05) is 39.7 Å². The summed E-state index contributed by atoms with van der Waals surface area (Å²) in [4.78, 5) is 0.